The van der Waals surface area contributed by atoms with Crippen LogP contribution in [-0.2, 0) is 14.9 Å². The average Bonchev–Trinajstić information content (AvgIpc) is 2.76. The highest BCUT2D eigenvalue weighted by molar-refractivity contribution is 5.83. The molecule has 154 valence electrons. The van der Waals surface area contributed by atoms with Crippen molar-refractivity contribution in [3.05, 3.63) is 41.7 Å². The Balaban J connectivity index is 1.60. The van der Waals surface area contributed by atoms with Crippen LogP contribution in [0.4, 0.5) is 4.39 Å². The normalized spacial score (nSPS) is 26.9. The maximum Gasteiger partial charge on any atom is 0.226 e. The van der Waals surface area contributed by atoms with Crippen LogP contribution < -0.4 is 10.1 Å². The van der Waals surface area contributed by atoms with Gasteiger partial charge in [-0.2, -0.15) is 0 Å². The largest absolute Gasteiger partial charge is 0.489 e. The number of rotatable bonds is 9. The van der Waals surface area contributed by atoms with Gasteiger partial charge in [0.25, 0.3) is 0 Å². The first-order valence-electron chi connectivity index (χ1n) is 10.4. The number of hydrogen-bond acceptors (Lipinski definition) is 3. The zero-order valence-electron chi connectivity index (χ0n) is 17.1. The van der Waals surface area contributed by atoms with Gasteiger partial charge in [0.1, 0.15) is 12.4 Å². The lowest BCUT2D eigenvalue weighted by Gasteiger charge is -2.52. The van der Waals surface area contributed by atoms with Crippen molar-refractivity contribution in [1.29, 1.82) is 0 Å². The molecule has 0 atom stereocenters. The maximum atomic E-state index is 12.7. The summed E-state index contributed by atoms with van der Waals surface area (Å²) in [6, 6.07) is 8.28. The number of carbonyl (C=O) groups excluding carboxylic acids is 1. The van der Waals surface area contributed by atoms with E-state index in [9.17, 15) is 9.18 Å². The molecule has 5 heteroatoms. The van der Waals surface area contributed by atoms with Crippen LogP contribution in [0.5, 0.6) is 5.75 Å². The SMILES string of the molecule is CC/C(=C\F)COc1ccc(C23CCC(C(=O)NCCOC)(CC2)CC3)cc1. The molecule has 0 radical (unpaired) electrons. The number of methoxy groups -OCH3 is 1. The third-order valence-electron chi connectivity index (χ3n) is 6.82. The first-order chi connectivity index (χ1) is 13.6. The molecule has 3 saturated carbocycles. The van der Waals surface area contributed by atoms with E-state index < -0.39 is 0 Å². The summed E-state index contributed by atoms with van der Waals surface area (Å²) in [6.07, 6.45) is 7.29. The monoisotopic (exact) mass is 389 g/mol. The van der Waals surface area contributed by atoms with Crippen molar-refractivity contribution in [2.24, 2.45) is 5.41 Å². The fraction of sp³-hybridized carbons (Fsp3) is 0.609. The third kappa shape index (κ3) is 4.24. The van der Waals surface area contributed by atoms with Crippen LogP contribution in [0.25, 0.3) is 0 Å². The van der Waals surface area contributed by atoms with E-state index in [0.717, 1.165) is 44.3 Å². The second kappa shape index (κ2) is 9.08. The standard InChI is InChI=1S/C23H32FNO3/c1-3-18(16-24)17-28-20-6-4-19(5-7-20)22-8-11-23(12-9-22,13-10-22)21(26)25-14-15-27-2/h4-7,16H,3,8-15,17H2,1-2H3,(H,25,26)/b18-16+. The van der Waals surface area contributed by atoms with Gasteiger partial charge in [0.05, 0.1) is 12.9 Å². The molecular weight excluding hydrogens is 357 g/mol. The van der Waals surface area contributed by atoms with E-state index >= 15 is 0 Å². The van der Waals surface area contributed by atoms with Gasteiger partial charge in [0, 0.05) is 19.1 Å². The van der Waals surface area contributed by atoms with Crippen LogP contribution in [0.3, 0.4) is 0 Å². The highest BCUT2D eigenvalue weighted by Gasteiger charge is 2.52. The van der Waals surface area contributed by atoms with E-state index in [-0.39, 0.29) is 23.3 Å². The topological polar surface area (TPSA) is 47.6 Å². The molecule has 0 saturated heterocycles. The van der Waals surface area contributed by atoms with Gasteiger partial charge in [0.15, 0.2) is 0 Å². The van der Waals surface area contributed by atoms with Gasteiger partial charge in [-0.05, 0) is 73.6 Å². The fourth-order valence-corrected chi connectivity index (χ4v) is 4.70. The van der Waals surface area contributed by atoms with Crippen molar-refractivity contribution < 1.29 is 18.7 Å². The van der Waals surface area contributed by atoms with Crippen LogP contribution in [0.15, 0.2) is 36.2 Å². The number of halogens is 1. The van der Waals surface area contributed by atoms with Gasteiger partial charge in [-0.15, -0.1) is 0 Å². The molecule has 3 aliphatic rings. The minimum absolute atomic E-state index is 0.181. The molecule has 0 unspecified atom stereocenters. The van der Waals surface area contributed by atoms with E-state index in [4.69, 9.17) is 9.47 Å². The van der Waals surface area contributed by atoms with E-state index in [1.54, 1.807) is 7.11 Å². The van der Waals surface area contributed by atoms with Crippen molar-refractivity contribution in [3.63, 3.8) is 0 Å². The maximum absolute atomic E-state index is 12.7. The van der Waals surface area contributed by atoms with E-state index in [1.165, 1.54) is 5.56 Å². The number of nitrogens with one attached hydrogen (secondary N) is 1. The molecule has 1 amide bonds. The second-order valence-electron chi connectivity index (χ2n) is 8.24. The second-order valence-corrected chi connectivity index (χ2v) is 8.24. The first kappa shape index (κ1) is 20.8. The fourth-order valence-electron chi connectivity index (χ4n) is 4.70. The summed E-state index contributed by atoms with van der Waals surface area (Å²) < 4.78 is 23.4. The van der Waals surface area contributed by atoms with Crippen LogP contribution in [-0.4, -0.2) is 32.8 Å². The number of benzene rings is 1. The Kier molecular flexibility index (Phi) is 6.76. The molecule has 1 N–H and O–H groups in total. The molecule has 2 bridgehead atoms. The number of carbonyl (C=O) groups is 1. The number of ether oxygens (including phenoxy) is 2. The summed E-state index contributed by atoms with van der Waals surface area (Å²) in [5.74, 6) is 0.973. The summed E-state index contributed by atoms with van der Waals surface area (Å²) in [4.78, 5) is 12.7. The molecule has 0 aromatic heterocycles. The van der Waals surface area contributed by atoms with Gasteiger partial charge in [0.2, 0.25) is 5.91 Å². The molecular formula is C23H32FNO3. The highest BCUT2D eigenvalue weighted by Crippen LogP contribution is 2.57. The number of hydrogen-bond donors (Lipinski definition) is 1. The Morgan fingerprint density at radius 2 is 1.79 bits per heavy atom. The molecule has 3 aliphatic carbocycles. The minimum atomic E-state index is -0.187. The van der Waals surface area contributed by atoms with Gasteiger partial charge < -0.3 is 14.8 Å². The van der Waals surface area contributed by atoms with E-state index in [1.807, 2.05) is 19.1 Å². The zero-order chi connectivity index (χ0) is 20.0. The first-order valence-corrected chi connectivity index (χ1v) is 10.4. The molecule has 0 heterocycles. The molecule has 3 fully saturated rings. The molecule has 0 spiro atoms. The molecule has 28 heavy (non-hydrogen) atoms. The lowest BCUT2D eigenvalue weighted by Crippen LogP contribution is -2.52. The van der Waals surface area contributed by atoms with E-state index in [0.29, 0.717) is 31.5 Å². The summed E-state index contributed by atoms with van der Waals surface area (Å²) in [5, 5.41) is 3.05. The summed E-state index contributed by atoms with van der Waals surface area (Å²) in [6.45, 7) is 3.35. The zero-order valence-corrected chi connectivity index (χ0v) is 17.1. The van der Waals surface area contributed by atoms with Crippen molar-refractivity contribution in [3.8, 4) is 5.75 Å². The van der Waals surface area contributed by atoms with Crippen LogP contribution in [0.2, 0.25) is 0 Å². The number of amides is 1. The molecule has 4 rings (SSSR count). The van der Waals surface area contributed by atoms with E-state index in [2.05, 4.69) is 17.4 Å². The Hall–Kier alpha value is -1.88. The molecule has 4 nitrogen and oxygen atoms in total. The predicted octanol–water partition coefficient (Wildman–Crippen LogP) is 4.68. The average molecular weight is 390 g/mol. The predicted molar refractivity (Wildman–Crippen MR) is 108 cm³/mol. The molecule has 1 aromatic carbocycles. The summed E-state index contributed by atoms with van der Waals surface area (Å²) >= 11 is 0. The van der Waals surface area contributed by atoms with Crippen LogP contribution in [0, 0.1) is 5.41 Å². The minimum Gasteiger partial charge on any atom is -0.489 e. The summed E-state index contributed by atoms with van der Waals surface area (Å²) in [5.41, 5.74) is 1.99. The highest BCUT2D eigenvalue weighted by atomic mass is 19.1. The Labute approximate surface area is 167 Å². The van der Waals surface area contributed by atoms with Crippen LogP contribution in [0.1, 0.15) is 57.4 Å². The quantitative estimate of drug-likeness (QED) is 0.624. The van der Waals surface area contributed by atoms with Crippen molar-refractivity contribution in [2.75, 3.05) is 26.9 Å². The van der Waals surface area contributed by atoms with Crippen molar-refractivity contribution in [2.45, 2.75) is 57.3 Å². The number of fused-ring (bicyclic) bond motifs is 3. The Morgan fingerprint density at radius 1 is 1.14 bits per heavy atom. The Morgan fingerprint density at radius 3 is 2.32 bits per heavy atom. The Bertz CT molecular complexity index is 674. The van der Waals surface area contributed by atoms with Gasteiger partial charge in [-0.25, -0.2) is 4.39 Å². The van der Waals surface area contributed by atoms with Crippen LogP contribution >= 0.6 is 0 Å². The van der Waals surface area contributed by atoms with Crippen molar-refractivity contribution in [1.82, 2.24) is 5.32 Å². The van der Waals surface area contributed by atoms with Gasteiger partial charge >= 0.3 is 0 Å². The molecule has 0 aliphatic heterocycles. The smallest absolute Gasteiger partial charge is 0.226 e. The van der Waals surface area contributed by atoms with Crippen molar-refractivity contribution >= 4 is 5.91 Å². The third-order valence-corrected chi connectivity index (χ3v) is 6.82. The molecule has 1 aromatic rings. The summed E-state index contributed by atoms with van der Waals surface area (Å²) in [7, 11) is 1.65. The van der Waals surface area contributed by atoms with Gasteiger partial charge in [-0.3, -0.25) is 4.79 Å². The lowest BCUT2D eigenvalue weighted by atomic mass is 9.51. The lowest BCUT2D eigenvalue weighted by molar-refractivity contribution is -0.138. The van der Waals surface area contributed by atoms with Gasteiger partial charge in [-0.1, -0.05) is 19.1 Å².